The van der Waals surface area contributed by atoms with Crippen LogP contribution in [0.4, 0.5) is 10.1 Å². The third-order valence-corrected chi connectivity index (χ3v) is 4.11. The van der Waals surface area contributed by atoms with Crippen molar-refractivity contribution in [2.75, 3.05) is 5.43 Å². The Bertz CT molecular complexity index is 624. The number of nitrogen functional groups attached to an aromatic ring is 1. The summed E-state index contributed by atoms with van der Waals surface area (Å²) < 4.78 is 13.9. The van der Waals surface area contributed by atoms with Gasteiger partial charge >= 0.3 is 0 Å². The summed E-state index contributed by atoms with van der Waals surface area (Å²) in [5.74, 6) is 5.58. The van der Waals surface area contributed by atoms with Crippen molar-refractivity contribution in [3.8, 4) is 0 Å². The second-order valence-electron chi connectivity index (χ2n) is 4.97. The number of rotatable bonds is 2. The molecular weight excluding hydrogens is 265 g/mol. The molecule has 2 aromatic rings. The van der Waals surface area contributed by atoms with Crippen molar-refractivity contribution in [3.63, 3.8) is 0 Å². The Morgan fingerprint density at radius 3 is 2.74 bits per heavy atom. The fraction of sp³-hybridized carbons (Fsp3) is 0.357. The number of benzene rings is 1. The van der Waals surface area contributed by atoms with E-state index in [2.05, 4.69) is 10.4 Å². The Morgan fingerprint density at radius 2 is 2.05 bits per heavy atom. The SMILES string of the molecule is NNc1cc(C2CCCC2)nc2c(Cl)ccc(F)c12. The lowest BCUT2D eigenvalue weighted by Crippen LogP contribution is -2.10. The Morgan fingerprint density at radius 1 is 1.32 bits per heavy atom. The van der Waals surface area contributed by atoms with Crippen molar-refractivity contribution in [2.45, 2.75) is 31.6 Å². The summed E-state index contributed by atoms with van der Waals surface area (Å²) in [5, 5.41) is 0.810. The molecular formula is C14H15ClFN3. The number of pyridine rings is 1. The average molecular weight is 280 g/mol. The molecule has 19 heavy (non-hydrogen) atoms. The topological polar surface area (TPSA) is 50.9 Å². The molecule has 1 saturated carbocycles. The molecule has 3 nitrogen and oxygen atoms in total. The van der Waals surface area contributed by atoms with Crippen molar-refractivity contribution in [3.05, 3.63) is 34.7 Å². The summed E-state index contributed by atoms with van der Waals surface area (Å²) in [6.07, 6.45) is 4.67. The Balaban J connectivity index is 2.24. The maximum atomic E-state index is 13.9. The summed E-state index contributed by atoms with van der Waals surface area (Å²) in [7, 11) is 0. The van der Waals surface area contributed by atoms with Crippen LogP contribution >= 0.6 is 11.6 Å². The summed E-state index contributed by atoms with van der Waals surface area (Å²) in [4.78, 5) is 4.56. The summed E-state index contributed by atoms with van der Waals surface area (Å²) in [5.41, 5.74) is 4.55. The van der Waals surface area contributed by atoms with E-state index >= 15 is 0 Å². The van der Waals surface area contributed by atoms with Crippen molar-refractivity contribution in [2.24, 2.45) is 5.84 Å². The van der Waals surface area contributed by atoms with Crippen LogP contribution < -0.4 is 11.3 Å². The van der Waals surface area contributed by atoms with Crippen molar-refractivity contribution in [1.29, 1.82) is 0 Å². The fourth-order valence-electron chi connectivity index (χ4n) is 2.83. The number of nitrogens with one attached hydrogen (secondary N) is 1. The number of hydrogen-bond donors (Lipinski definition) is 2. The van der Waals surface area contributed by atoms with Gasteiger partial charge in [-0.3, -0.25) is 10.8 Å². The first-order valence-electron chi connectivity index (χ1n) is 6.46. The highest BCUT2D eigenvalue weighted by molar-refractivity contribution is 6.35. The van der Waals surface area contributed by atoms with E-state index in [-0.39, 0.29) is 5.82 Å². The van der Waals surface area contributed by atoms with Crippen LogP contribution in [0.3, 0.4) is 0 Å². The van der Waals surface area contributed by atoms with Crippen LogP contribution in [0.1, 0.15) is 37.3 Å². The normalized spacial score (nSPS) is 16.2. The first-order chi connectivity index (χ1) is 9.20. The van der Waals surface area contributed by atoms with Gasteiger partial charge in [0, 0.05) is 11.6 Å². The second kappa shape index (κ2) is 4.94. The van der Waals surface area contributed by atoms with E-state index in [4.69, 9.17) is 17.4 Å². The third-order valence-electron chi connectivity index (χ3n) is 3.81. The van der Waals surface area contributed by atoms with E-state index in [9.17, 15) is 4.39 Å². The van der Waals surface area contributed by atoms with Crippen LogP contribution in [0.2, 0.25) is 5.02 Å². The van der Waals surface area contributed by atoms with Gasteiger partial charge < -0.3 is 5.43 Å². The third kappa shape index (κ3) is 2.15. The van der Waals surface area contributed by atoms with Gasteiger partial charge in [0.15, 0.2) is 0 Å². The lowest BCUT2D eigenvalue weighted by Gasteiger charge is -2.14. The van der Waals surface area contributed by atoms with Crippen molar-refractivity contribution < 1.29 is 4.39 Å². The molecule has 0 radical (unpaired) electrons. The van der Waals surface area contributed by atoms with E-state index in [0.717, 1.165) is 18.5 Å². The number of nitrogens with two attached hydrogens (primary N) is 1. The summed E-state index contributed by atoms with van der Waals surface area (Å²) >= 11 is 6.14. The zero-order chi connectivity index (χ0) is 13.4. The van der Waals surface area contributed by atoms with Gasteiger partial charge in [0.05, 0.1) is 21.6 Å². The average Bonchev–Trinajstić information content (AvgIpc) is 2.96. The molecule has 0 amide bonds. The van der Waals surface area contributed by atoms with Gasteiger partial charge in [-0.2, -0.15) is 0 Å². The van der Waals surface area contributed by atoms with Gasteiger partial charge in [-0.25, -0.2) is 4.39 Å². The molecule has 100 valence electrons. The van der Waals surface area contributed by atoms with Gasteiger partial charge in [-0.1, -0.05) is 24.4 Å². The van der Waals surface area contributed by atoms with Crippen LogP contribution in [0.5, 0.6) is 0 Å². The van der Waals surface area contributed by atoms with Gasteiger partial charge in [0.25, 0.3) is 0 Å². The largest absolute Gasteiger partial charge is 0.323 e. The zero-order valence-electron chi connectivity index (χ0n) is 10.4. The predicted octanol–water partition coefficient (Wildman–Crippen LogP) is 3.97. The van der Waals surface area contributed by atoms with E-state index in [1.165, 1.54) is 25.0 Å². The molecule has 1 aliphatic carbocycles. The second-order valence-corrected chi connectivity index (χ2v) is 5.38. The smallest absolute Gasteiger partial charge is 0.134 e. The van der Waals surface area contributed by atoms with Gasteiger partial charge in [-0.05, 0) is 31.0 Å². The predicted molar refractivity (Wildman–Crippen MR) is 75.7 cm³/mol. The van der Waals surface area contributed by atoms with Crippen LogP contribution in [-0.4, -0.2) is 4.98 Å². The highest BCUT2D eigenvalue weighted by atomic mass is 35.5. The van der Waals surface area contributed by atoms with Crippen LogP contribution in [-0.2, 0) is 0 Å². The van der Waals surface area contributed by atoms with Crippen LogP contribution in [0, 0.1) is 5.82 Å². The first-order valence-corrected chi connectivity index (χ1v) is 6.84. The summed E-state index contributed by atoms with van der Waals surface area (Å²) in [6.45, 7) is 0. The van der Waals surface area contributed by atoms with E-state index < -0.39 is 0 Å². The van der Waals surface area contributed by atoms with Gasteiger partial charge in [0.1, 0.15) is 5.82 Å². The molecule has 0 saturated heterocycles. The van der Waals surface area contributed by atoms with Crippen LogP contribution in [0.15, 0.2) is 18.2 Å². The standard InChI is InChI=1S/C14H15ClFN3/c15-9-5-6-10(16)13-12(19-17)7-11(18-14(9)13)8-3-1-2-4-8/h5-8H,1-4,17H2,(H,18,19). The minimum atomic E-state index is -0.363. The van der Waals surface area contributed by atoms with Crippen LogP contribution in [0.25, 0.3) is 10.9 Å². The quantitative estimate of drug-likeness (QED) is 0.646. The summed E-state index contributed by atoms with van der Waals surface area (Å²) in [6, 6.07) is 4.71. The zero-order valence-corrected chi connectivity index (χ0v) is 11.2. The highest BCUT2D eigenvalue weighted by Crippen LogP contribution is 2.37. The monoisotopic (exact) mass is 279 g/mol. The molecule has 0 unspecified atom stereocenters. The number of fused-ring (bicyclic) bond motifs is 1. The molecule has 3 N–H and O–H groups in total. The van der Waals surface area contributed by atoms with E-state index in [0.29, 0.717) is 27.5 Å². The molecule has 3 rings (SSSR count). The highest BCUT2D eigenvalue weighted by Gasteiger charge is 2.21. The van der Waals surface area contributed by atoms with Crippen molar-refractivity contribution >= 4 is 28.2 Å². The van der Waals surface area contributed by atoms with Gasteiger partial charge in [0.2, 0.25) is 0 Å². The minimum Gasteiger partial charge on any atom is -0.323 e. The van der Waals surface area contributed by atoms with E-state index in [1.54, 1.807) is 0 Å². The Kier molecular flexibility index (Phi) is 3.29. The molecule has 5 heteroatoms. The molecule has 0 atom stereocenters. The number of hydrazine groups is 1. The van der Waals surface area contributed by atoms with Gasteiger partial charge in [-0.15, -0.1) is 0 Å². The number of nitrogens with zero attached hydrogens (tertiary/aromatic N) is 1. The molecule has 0 bridgehead atoms. The number of hydrogen-bond acceptors (Lipinski definition) is 3. The number of halogens is 2. The number of anilines is 1. The fourth-order valence-corrected chi connectivity index (χ4v) is 3.03. The first kappa shape index (κ1) is 12.6. The molecule has 1 aliphatic rings. The molecule has 1 aromatic carbocycles. The van der Waals surface area contributed by atoms with E-state index in [1.807, 2.05) is 6.07 Å². The van der Waals surface area contributed by atoms with Crippen molar-refractivity contribution in [1.82, 2.24) is 4.98 Å². The lowest BCUT2D eigenvalue weighted by molar-refractivity contribution is 0.639. The minimum absolute atomic E-state index is 0.358. The molecule has 1 heterocycles. The molecule has 0 aliphatic heterocycles. The molecule has 0 spiro atoms. The maximum absolute atomic E-state index is 13.9. The lowest BCUT2D eigenvalue weighted by atomic mass is 10.0. The number of aromatic nitrogens is 1. The molecule has 1 aromatic heterocycles. The maximum Gasteiger partial charge on any atom is 0.134 e. The Hall–Kier alpha value is -1.39. The molecule has 1 fully saturated rings. The Labute approximate surface area is 115 Å².